The van der Waals surface area contributed by atoms with Gasteiger partial charge >= 0.3 is 5.97 Å². The van der Waals surface area contributed by atoms with E-state index in [1.165, 1.54) is 0 Å². The van der Waals surface area contributed by atoms with E-state index < -0.39 is 12.1 Å². The van der Waals surface area contributed by atoms with Crippen molar-refractivity contribution in [3.8, 4) is 5.75 Å². The Morgan fingerprint density at radius 2 is 1.90 bits per heavy atom. The predicted molar refractivity (Wildman–Crippen MR) is 114 cm³/mol. The van der Waals surface area contributed by atoms with Crippen molar-refractivity contribution in [2.75, 3.05) is 6.61 Å². The van der Waals surface area contributed by atoms with Crippen LogP contribution in [0.3, 0.4) is 0 Å². The molecule has 3 aromatic rings. The van der Waals surface area contributed by atoms with Gasteiger partial charge in [-0.2, -0.15) is 0 Å². The molecule has 0 amide bonds. The van der Waals surface area contributed by atoms with Gasteiger partial charge in [0, 0.05) is 33.6 Å². The number of nitrogens with one attached hydrogen (secondary N) is 1. The second kappa shape index (κ2) is 9.14. The molecular weight excluding hydrogens is 390 g/mol. The number of fused-ring (bicyclic) bond motifs is 1. The zero-order valence-corrected chi connectivity index (χ0v) is 17.5. The molecule has 6 heteroatoms. The molecule has 5 nitrogen and oxygen atoms in total. The topological polar surface area (TPSA) is 68.4 Å². The fourth-order valence-corrected chi connectivity index (χ4v) is 3.51. The van der Waals surface area contributed by atoms with Gasteiger partial charge in [-0.3, -0.25) is 9.59 Å². The van der Waals surface area contributed by atoms with Crippen molar-refractivity contribution in [3.63, 3.8) is 0 Å². The third kappa shape index (κ3) is 4.98. The van der Waals surface area contributed by atoms with Crippen LogP contribution >= 0.6 is 11.6 Å². The van der Waals surface area contributed by atoms with Crippen molar-refractivity contribution in [3.05, 3.63) is 64.3 Å². The number of esters is 1. The Labute approximate surface area is 175 Å². The van der Waals surface area contributed by atoms with E-state index in [2.05, 4.69) is 4.98 Å². The SMILES string of the molecule is Cc1cc(Cl)ccc1OCCCC(=O)O[C@H](C)C(=O)c1c(C)[nH]c2ccccc12. The fourth-order valence-electron chi connectivity index (χ4n) is 3.28. The van der Waals surface area contributed by atoms with Gasteiger partial charge in [-0.15, -0.1) is 0 Å². The average Bonchev–Trinajstić information content (AvgIpc) is 3.01. The number of aromatic amines is 1. The van der Waals surface area contributed by atoms with Gasteiger partial charge in [0.1, 0.15) is 5.75 Å². The Morgan fingerprint density at radius 1 is 1.14 bits per heavy atom. The van der Waals surface area contributed by atoms with Crippen molar-refractivity contribution >= 4 is 34.3 Å². The lowest BCUT2D eigenvalue weighted by Gasteiger charge is -2.13. The van der Waals surface area contributed by atoms with Gasteiger partial charge in [-0.05, 0) is 57.0 Å². The largest absolute Gasteiger partial charge is 0.493 e. The molecule has 0 saturated heterocycles. The Balaban J connectivity index is 1.51. The van der Waals surface area contributed by atoms with E-state index in [9.17, 15) is 9.59 Å². The Bertz CT molecular complexity index is 1040. The van der Waals surface area contributed by atoms with E-state index in [0.29, 0.717) is 23.6 Å². The molecule has 0 bridgehead atoms. The highest BCUT2D eigenvalue weighted by molar-refractivity contribution is 6.30. The van der Waals surface area contributed by atoms with Crippen LogP contribution in [0, 0.1) is 13.8 Å². The minimum absolute atomic E-state index is 0.178. The summed E-state index contributed by atoms with van der Waals surface area (Å²) in [5.41, 5.74) is 3.17. The molecule has 29 heavy (non-hydrogen) atoms. The second-order valence-corrected chi connectivity index (χ2v) is 7.47. The summed E-state index contributed by atoms with van der Waals surface area (Å²) >= 11 is 5.93. The summed E-state index contributed by atoms with van der Waals surface area (Å²) in [7, 11) is 0. The van der Waals surface area contributed by atoms with Crippen molar-refractivity contribution in [2.45, 2.75) is 39.7 Å². The molecule has 0 aliphatic rings. The molecule has 0 radical (unpaired) electrons. The van der Waals surface area contributed by atoms with E-state index >= 15 is 0 Å². The highest BCUT2D eigenvalue weighted by atomic mass is 35.5. The number of ether oxygens (including phenoxy) is 2. The van der Waals surface area contributed by atoms with Crippen LogP contribution in [0.5, 0.6) is 5.75 Å². The molecule has 3 rings (SSSR count). The van der Waals surface area contributed by atoms with Gasteiger partial charge in [0.2, 0.25) is 5.78 Å². The molecule has 0 spiro atoms. The van der Waals surface area contributed by atoms with Gasteiger partial charge in [0.15, 0.2) is 6.10 Å². The molecule has 152 valence electrons. The minimum atomic E-state index is -0.847. The van der Waals surface area contributed by atoms with Crippen molar-refractivity contribution < 1.29 is 19.1 Å². The number of aryl methyl sites for hydroxylation is 2. The maximum absolute atomic E-state index is 12.8. The molecule has 0 aliphatic carbocycles. The molecule has 1 N–H and O–H groups in total. The van der Waals surface area contributed by atoms with Crippen molar-refractivity contribution in [1.82, 2.24) is 4.98 Å². The lowest BCUT2D eigenvalue weighted by atomic mass is 10.0. The second-order valence-electron chi connectivity index (χ2n) is 7.03. The van der Waals surface area contributed by atoms with Crippen molar-refractivity contribution in [1.29, 1.82) is 0 Å². The molecule has 1 heterocycles. The lowest BCUT2D eigenvalue weighted by Crippen LogP contribution is -2.25. The van der Waals surface area contributed by atoms with Gasteiger partial charge in [0.05, 0.1) is 6.61 Å². The molecular formula is C23H24ClNO4. The summed E-state index contributed by atoms with van der Waals surface area (Å²) in [5, 5.41) is 1.49. The van der Waals surface area contributed by atoms with E-state index in [4.69, 9.17) is 21.1 Å². The number of benzene rings is 2. The fraction of sp³-hybridized carbons (Fsp3) is 0.304. The van der Waals surface area contributed by atoms with E-state index in [0.717, 1.165) is 27.9 Å². The summed E-state index contributed by atoms with van der Waals surface area (Å²) in [6.07, 6.45) is -0.176. The molecule has 0 fully saturated rings. The first-order chi connectivity index (χ1) is 13.9. The average molecular weight is 414 g/mol. The molecule has 0 unspecified atom stereocenters. The van der Waals surface area contributed by atoms with E-state index in [1.54, 1.807) is 19.1 Å². The van der Waals surface area contributed by atoms with Gasteiger partial charge < -0.3 is 14.5 Å². The number of H-pyrrole nitrogens is 1. The summed E-state index contributed by atoms with van der Waals surface area (Å²) < 4.78 is 11.0. The molecule has 1 atom stereocenters. The Hall–Kier alpha value is -2.79. The van der Waals surface area contributed by atoms with Gasteiger partial charge in [0.25, 0.3) is 0 Å². The van der Waals surface area contributed by atoms with Crippen LogP contribution in [0.15, 0.2) is 42.5 Å². The monoisotopic (exact) mass is 413 g/mol. The Kier molecular flexibility index (Phi) is 6.60. The minimum Gasteiger partial charge on any atom is -0.493 e. The lowest BCUT2D eigenvalue weighted by molar-refractivity contribution is -0.146. The molecule has 2 aromatic carbocycles. The number of hydrogen-bond acceptors (Lipinski definition) is 4. The summed E-state index contributed by atoms with van der Waals surface area (Å²) in [6.45, 7) is 5.74. The number of aromatic nitrogens is 1. The molecule has 0 aliphatic heterocycles. The van der Waals surface area contributed by atoms with Gasteiger partial charge in [-0.1, -0.05) is 29.8 Å². The quantitative estimate of drug-likeness (QED) is 0.304. The summed E-state index contributed by atoms with van der Waals surface area (Å²) in [4.78, 5) is 28.2. The van der Waals surface area contributed by atoms with Crippen LogP contribution in [0.4, 0.5) is 0 Å². The maximum Gasteiger partial charge on any atom is 0.306 e. The summed E-state index contributed by atoms with van der Waals surface area (Å²) in [5.74, 6) is 0.113. The highest BCUT2D eigenvalue weighted by Crippen LogP contribution is 2.24. The zero-order chi connectivity index (χ0) is 21.0. The number of hydrogen-bond donors (Lipinski definition) is 1. The predicted octanol–water partition coefficient (Wildman–Crippen LogP) is 5.41. The highest BCUT2D eigenvalue weighted by Gasteiger charge is 2.24. The van der Waals surface area contributed by atoms with Crippen LogP contribution in [-0.2, 0) is 9.53 Å². The first kappa shape index (κ1) is 20.9. The molecule has 0 saturated carbocycles. The number of Topliss-reactive ketones (excluding diaryl/α,β-unsaturated/α-hetero) is 1. The number of halogens is 1. The Morgan fingerprint density at radius 3 is 2.66 bits per heavy atom. The number of ketones is 1. The van der Waals surface area contributed by atoms with Crippen LogP contribution < -0.4 is 4.74 Å². The smallest absolute Gasteiger partial charge is 0.306 e. The van der Waals surface area contributed by atoms with E-state index in [1.807, 2.05) is 44.2 Å². The van der Waals surface area contributed by atoms with Crippen LogP contribution in [0.25, 0.3) is 10.9 Å². The zero-order valence-electron chi connectivity index (χ0n) is 16.8. The van der Waals surface area contributed by atoms with E-state index in [-0.39, 0.29) is 12.2 Å². The van der Waals surface area contributed by atoms with Crippen LogP contribution in [-0.4, -0.2) is 29.4 Å². The number of para-hydroxylation sites is 1. The normalized spacial score (nSPS) is 12.0. The third-order valence-corrected chi connectivity index (χ3v) is 4.97. The van der Waals surface area contributed by atoms with Crippen molar-refractivity contribution in [2.24, 2.45) is 0 Å². The van der Waals surface area contributed by atoms with Crippen LogP contribution in [0.2, 0.25) is 5.02 Å². The first-order valence-corrected chi connectivity index (χ1v) is 9.94. The van der Waals surface area contributed by atoms with Gasteiger partial charge in [-0.25, -0.2) is 0 Å². The van der Waals surface area contributed by atoms with Crippen LogP contribution in [0.1, 0.15) is 41.4 Å². The standard InChI is InChI=1S/C23H24ClNO4/c1-14-13-17(24)10-11-20(14)28-12-6-9-21(26)29-16(3)23(27)22-15(2)25-19-8-5-4-7-18(19)22/h4-5,7-8,10-11,13,16,25H,6,9,12H2,1-3H3/t16-/m1/s1. The number of carbonyl (C=O) groups excluding carboxylic acids is 2. The summed E-state index contributed by atoms with van der Waals surface area (Å²) in [6, 6.07) is 13.0. The number of rotatable bonds is 8. The number of carbonyl (C=O) groups is 2. The third-order valence-electron chi connectivity index (χ3n) is 4.74. The first-order valence-electron chi connectivity index (χ1n) is 9.56. The maximum atomic E-state index is 12.8. The molecule has 1 aromatic heterocycles.